The Morgan fingerprint density at radius 3 is 2.73 bits per heavy atom. The molecule has 0 fully saturated rings. The molecular formula is C18H23NO2S. The largest absolute Gasteiger partial charge is 0.356 e. The minimum Gasteiger partial charge on any atom is -0.356 e. The standard InChI is InChI=1S/C18H23NO2S/c1-3-5-14-6-4-7-15-12-16(8-9-18(14)15)22(20,21)17-10-11-19(2)13-17/h8-14H,3-7H2,1-2H3/t14-/m1/s1. The van der Waals surface area contributed by atoms with Gasteiger partial charge in [-0.25, -0.2) is 8.42 Å². The highest BCUT2D eigenvalue weighted by Gasteiger charge is 2.24. The number of nitrogens with zero attached hydrogens (tertiary/aromatic N) is 1. The molecular weight excluding hydrogens is 294 g/mol. The highest BCUT2D eigenvalue weighted by molar-refractivity contribution is 7.91. The number of rotatable bonds is 4. The molecule has 1 aliphatic rings. The monoisotopic (exact) mass is 317 g/mol. The van der Waals surface area contributed by atoms with Crippen molar-refractivity contribution >= 4 is 9.84 Å². The van der Waals surface area contributed by atoms with Gasteiger partial charge in [0.15, 0.2) is 0 Å². The summed E-state index contributed by atoms with van der Waals surface area (Å²) in [6, 6.07) is 7.40. The number of hydrogen-bond donors (Lipinski definition) is 0. The fourth-order valence-corrected chi connectivity index (χ4v) is 4.84. The van der Waals surface area contributed by atoms with Crippen molar-refractivity contribution in [2.24, 2.45) is 7.05 Å². The maximum atomic E-state index is 12.7. The van der Waals surface area contributed by atoms with Crippen LogP contribution in [-0.2, 0) is 23.3 Å². The van der Waals surface area contributed by atoms with E-state index < -0.39 is 9.84 Å². The molecule has 1 atom stereocenters. The molecule has 22 heavy (non-hydrogen) atoms. The van der Waals surface area contributed by atoms with Crippen LogP contribution in [0, 0.1) is 0 Å². The average molecular weight is 317 g/mol. The zero-order chi connectivity index (χ0) is 15.7. The van der Waals surface area contributed by atoms with E-state index >= 15 is 0 Å². The number of aromatic nitrogens is 1. The van der Waals surface area contributed by atoms with Gasteiger partial charge in [0, 0.05) is 19.4 Å². The molecule has 0 saturated carbocycles. The second kappa shape index (κ2) is 5.92. The Kier molecular flexibility index (Phi) is 4.13. The van der Waals surface area contributed by atoms with Crippen molar-refractivity contribution in [1.82, 2.24) is 4.57 Å². The summed E-state index contributed by atoms with van der Waals surface area (Å²) in [7, 11) is -1.57. The van der Waals surface area contributed by atoms with E-state index in [1.807, 2.05) is 19.2 Å². The molecule has 4 heteroatoms. The summed E-state index contributed by atoms with van der Waals surface area (Å²) in [5, 5.41) is 0. The normalized spacial score (nSPS) is 18.2. The first-order chi connectivity index (χ1) is 10.5. The molecule has 118 valence electrons. The van der Waals surface area contributed by atoms with Crippen molar-refractivity contribution in [2.75, 3.05) is 0 Å². The zero-order valence-corrected chi connectivity index (χ0v) is 14.1. The Balaban J connectivity index is 2.00. The lowest BCUT2D eigenvalue weighted by Gasteiger charge is -2.25. The van der Waals surface area contributed by atoms with Gasteiger partial charge in [0.2, 0.25) is 9.84 Å². The summed E-state index contributed by atoms with van der Waals surface area (Å²) in [4.78, 5) is 0.797. The maximum Gasteiger partial charge on any atom is 0.208 e. The number of benzene rings is 1. The van der Waals surface area contributed by atoms with Crippen molar-refractivity contribution in [2.45, 2.75) is 54.7 Å². The third-order valence-electron chi connectivity index (χ3n) is 4.62. The van der Waals surface area contributed by atoms with Crippen LogP contribution in [0.25, 0.3) is 0 Å². The fraction of sp³-hybridized carbons (Fsp3) is 0.444. The van der Waals surface area contributed by atoms with Gasteiger partial charge in [-0.3, -0.25) is 0 Å². The summed E-state index contributed by atoms with van der Waals surface area (Å²) < 4.78 is 27.2. The summed E-state index contributed by atoms with van der Waals surface area (Å²) in [6.07, 6.45) is 9.18. The second-order valence-electron chi connectivity index (χ2n) is 6.25. The van der Waals surface area contributed by atoms with Gasteiger partial charge in [-0.15, -0.1) is 0 Å². The van der Waals surface area contributed by atoms with E-state index in [-0.39, 0.29) is 0 Å². The number of fused-ring (bicyclic) bond motifs is 1. The minimum absolute atomic E-state index is 0.371. The van der Waals surface area contributed by atoms with Crippen molar-refractivity contribution in [1.29, 1.82) is 0 Å². The molecule has 0 saturated heterocycles. The SMILES string of the molecule is CCC[C@@H]1CCCc2cc(S(=O)(=O)c3ccn(C)c3)ccc21. The molecule has 1 heterocycles. The van der Waals surface area contributed by atoms with Gasteiger partial charge in [-0.1, -0.05) is 19.4 Å². The van der Waals surface area contributed by atoms with Crippen molar-refractivity contribution in [3.8, 4) is 0 Å². The molecule has 2 aromatic rings. The van der Waals surface area contributed by atoms with Gasteiger partial charge in [0.25, 0.3) is 0 Å². The minimum atomic E-state index is -3.40. The van der Waals surface area contributed by atoms with Gasteiger partial charge in [0.1, 0.15) is 0 Å². The van der Waals surface area contributed by atoms with Crippen LogP contribution in [0.5, 0.6) is 0 Å². The lowest BCUT2D eigenvalue weighted by atomic mass is 9.81. The molecule has 3 rings (SSSR count). The molecule has 0 aliphatic heterocycles. The van der Waals surface area contributed by atoms with Gasteiger partial charge >= 0.3 is 0 Å². The highest BCUT2D eigenvalue weighted by Crippen LogP contribution is 2.36. The van der Waals surface area contributed by atoms with E-state index in [0.717, 1.165) is 12.8 Å². The Morgan fingerprint density at radius 1 is 1.23 bits per heavy atom. The zero-order valence-electron chi connectivity index (χ0n) is 13.2. The molecule has 0 N–H and O–H groups in total. The lowest BCUT2D eigenvalue weighted by molar-refractivity contribution is 0.514. The van der Waals surface area contributed by atoms with E-state index in [1.165, 1.54) is 30.4 Å². The van der Waals surface area contributed by atoms with Crippen molar-refractivity contribution in [3.63, 3.8) is 0 Å². The number of aryl methyl sites for hydroxylation is 2. The first-order valence-electron chi connectivity index (χ1n) is 8.02. The van der Waals surface area contributed by atoms with E-state index in [0.29, 0.717) is 15.7 Å². The average Bonchev–Trinajstić information content (AvgIpc) is 2.95. The molecule has 0 amide bonds. The predicted molar refractivity (Wildman–Crippen MR) is 87.9 cm³/mol. The van der Waals surface area contributed by atoms with Crippen LogP contribution in [0.1, 0.15) is 49.7 Å². The van der Waals surface area contributed by atoms with E-state index in [1.54, 1.807) is 29.1 Å². The Labute approximate surface area is 132 Å². The molecule has 0 unspecified atom stereocenters. The van der Waals surface area contributed by atoms with Crippen molar-refractivity contribution in [3.05, 3.63) is 47.8 Å². The maximum absolute atomic E-state index is 12.7. The smallest absolute Gasteiger partial charge is 0.208 e. The van der Waals surface area contributed by atoms with Crippen molar-refractivity contribution < 1.29 is 8.42 Å². The molecule has 0 radical (unpaired) electrons. The topological polar surface area (TPSA) is 39.1 Å². The quantitative estimate of drug-likeness (QED) is 0.852. The fourth-order valence-electron chi connectivity index (χ4n) is 3.48. The predicted octanol–water partition coefficient (Wildman–Crippen LogP) is 4.08. The summed E-state index contributed by atoms with van der Waals surface area (Å²) >= 11 is 0. The summed E-state index contributed by atoms with van der Waals surface area (Å²) in [5.41, 5.74) is 2.59. The van der Waals surface area contributed by atoms with Crippen LogP contribution >= 0.6 is 0 Å². The van der Waals surface area contributed by atoms with E-state index in [2.05, 4.69) is 6.92 Å². The van der Waals surface area contributed by atoms with Crippen LogP contribution in [0.3, 0.4) is 0 Å². The van der Waals surface area contributed by atoms with Crippen LogP contribution in [0.2, 0.25) is 0 Å². The number of sulfone groups is 1. The van der Waals surface area contributed by atoms with Gasteiger partial charge in [-0.05, 0) is 60.9 Å². The molecule has 0 bridgehead atoms. The van der Waals surface area contributed by atoms with Crippen LogP contribution in [0.15, 0.2) is 46.5 Å². The molecule has 0 spiro atoms. The van der Waals surface area contributed by atoms with Gasteiger partial charge in [0.05, 0.1) is 9.79 Å². The Hall–Kier alpha value is -1.55. The highest BCUT2D eigenvalue weighted by atomic mass is 32.2. The molecule has 1 aromatic heterocycles. The van der Waals surface area contributed by atoms with Gasteiger partial charge in [-0.2, -0.15) is 0 Å². The van der Waals surface area contributed by atoms with Crippen LogP contribution in [-0.4, -0.2) is 13.0 Å². The van der Waals surface area contributed by atoms with E-state index in [4.69, 9.17) is 0 Å². The third-order valence-corrected chi connectivity index (χ3v) is 6.35. The number of hydrogen-bond acceptors (Lipinski definition) is 2. The Bertz CT molecular complexity index is 774. The first-order valence-corrected chi connectivity index (χ1v) is 9.50. The summed E-state index contributed by atoms with van der Waals surface area (Å²) in [5.74, 6) is 0.599. The third kappa shape index (κ3) is 2.72. The lowest BCUT2D eigenvalue weighted by Crippen LogP contribution is -2.11. The molecule has 1 aromatic carbocycles. The molecule has 3 nitrogen and oxygen atoms in total. The second-order valence-corrected chi connectivity index (χ2v) is 8.20. The first kappa shape index (κ1) is 15.3. The Morgan fingerprint density at radius 2 is 2.05 bits per heavy atom. The van der Waals surface area contributed by atoms with E-state index in [9.17, 15) is 8.42 Å². The summed E-state index contributed by atoms with van der Waals surface area (Å²) in [6.45, 7) is 2.21. The van der Waals surface area contributed by atoms with Crippen LogP contribution in [0.4, 0.5) is 0 Å². The van der Waals surface area contributed by atoms with Gasteiger partial charge < -0.3 is 4.57 Å². The van der Waals surface area contributed by atoms with Crippen LogP contribution < -0.4 is 0 Å². The molecule has 1 aliphatic carbocycles.